The Morgan fingerprint density at radius 1 is 1.18 bits per heavy atom. The molecule has 0 N–H and O–H groups in total. The minimum Gasteiger partial charge on any atom is -0.380 e. The number of amides is 1. The van der Waals surface area contributed by atoms with Crippen LogP contribution < -0.4 is 0 Å². The van der Waals surface area contributed by atoms with E-state index in [1.165, 1.54) is 23.1 Å². The lowest BCUT2D eigenvalue weighted by Gasteiger charge is -2.15. The molecule has 1 fully saturated rings. The van der Waals surface area contributed by atoms with Crippen LogP contribution in [0.4, 0.5) is 5.69 Å². The molecular formula is C22H27N3O2S. The molecule has 0 spiro atoms. The van der Waals surface area contributed by atoms with Crippen molar-refractivity contribution in [1.82, 2.24) is 9.47 Å². The minimum absolute atomic E-state index is 0.0133. The van der Waals surface area contributed by atoms with Crippen LogP contribution in [-0.4, -0.2) is 40.3 Å². The number of aliphatic imine (C=N–C) groups is 1. The molecule has 0 radical (unpaired) electrons. The monoisotopic (exact) mass is 397 g/mol. The lowest BCUT2D eigenvalue weighted by Crippen LogP contribution is -2.32. The first-order valence-electron chi connectivity index (χ1n) is 9.64. The molecule has 0 bridgehead atoms. The summed E-state index contributed by atoms with van der Waals surface area (Å²) in [7, 11) is 0. The summed E-state index contributed by atoms with van der Waals surface area (Å²) in [5.41, 5.74) is 4.30. The quantitative estimate of drug-likeness (QED) is 0.500. The van der Waals surface area contributed by atoms with Crippen LogP contribution >= 0.6 is 11.8 Å². The third kappa shape index (κ3) is 4.39. The van der Waals surface area contributed by atoms with Crippen LogP contribution in [-0.2, 0) is 16.1 Å². The Balaban J connectivity index is 1.93. The van der Waals surface area contributed by atoms with Gasteiger partial charge in [0.25, 0.3) is 5.91 Å². The molecule has 1 aliphatic heterocycles. The van der Waals surface area contributed by atoms with Gasteiger partial charge in [-0.25, -0.2) is 4.99 Å². The van der Waals surface area contributed by atoms with Crippen LogP contribution in [0.15, 0.2) is 46.3 Å². The third-order valence-corrected chi connectivity index (χ3v) is 5.75. The van der Waals surface area contributed by atoms with Crippen molar-refractivity contribution in [3.63, 3.8) is 0 Å². The standard InChI is InChI=1S/C22H27N3O2S/c1-5-24-16(3)14-18(17(24)4)15-20-21(26)25(12-13-27-6-2)22(28-20)23-19-10-8-7-9-11-19/h7-11,14-15H,5-6,12-13H2,1-4H3/b20-15-,23-22?. The topological polar surface area (TPSA) is 46.8 Å². The molecule has 1 aromatic carbocycles. The van der Waals surface area contributed by atoms with E-state index < -0.39 is 0 Å². The van der Waals surface area contributed by atoms with Crippen molar-refractivity contribution in [1.29, 1.82) is 0 Å². The molecule has 28 heavy (non-hydrogen) atoms. The van der Waals surface area contributed by atoms with Gasteiger partial charge in [0.05, 0.1) is 23.7 Å². The maximum Gasteiger partial charge on any atom is 0.266 e. The molecule has 6 heteroatoms. The highest BCUT2D eigenvalue weighted by Gasteiger charge is 2.33. The third-order valence-electron chi connectivity index (χ3n) is 4.75. The van der Waals surface area contributed by atoms with Gasteiger partial charge in [0.2, 0.25) is 0 Å². The number of hydrogen-bond acceptors (Lipinski definition) is 4. The van der Waals surface area contributed by atoms with Gasteiger partial charge in [0.15, 0.2) is 5.17 Å². The Labute approximate surface area is 171 Å². The summed E-state index contributed by atoms with van der Waals surface area (Å²) < 4.78 is 7.72. The molecule has 2 aromatic rings. The van der Waals surface area contributed by atoms with E-state index in [2.05, 4.69) is 31.4 Å². The zero-order valence-corrected chi connectivity index (χ0v) is 17.8. The van der Waals surface area contributed by atoms with Crippen molar-refractivity contribution in [2.45, 2.75) is 34.2 Å². The van der Waals surface area contributed by atoms with E-state index in [4.69, 9.17) is 9.73 Å². The predicted molar refractivity (Wildman–Crippen MR) is 117 cm³/mol. The van der Waals surface area contributed by atoms with Gasteiger partial charge in [0.1, 0.15) is 0 Å². The fourth-order valence-corrected chi connectivity index (χ4v) is 4.32. The van der Waals surface area contributed by atoms with Gasteiger partial charge >= 0.3 is 0 Å². The first kappa shape index (κ1) is 20.4. The number of carbonyl (C=O) groups is 1. The van der Waals surface area contributed by atoms with Crippen LogP contribution in [0.3, 0.4) is 0 Å². The normalized spacial score (nSPS) is 17.3. The largest absolute Gasteiger partial charge is 0.380 e. The Hall–Kier alpha value is -2.31. The number of aromatic nitrogens is 1. The van der Waals surface area contributed by atoms with E-state index in [9.17, 15) is 4.79 Å². The summed E-state index contributed by atoms with van der Waals surface area (Å²) in [5.74, 6) is -0.0133. The maximum atomic E-state index is 13.1. The molecule has 1 aliphatic rings. The van der Waals surface area contributed by atoms with E-state index in [0.29, 0.717) is 29.8 Å². The number of nitrogens with zero attached hydrogens (tertiary/aromatic N) is 3. The molecule has 1 saturated heterocycles. The average molecular weight is 398 g/mol. The predicted octanol–water partition coefficient (Wildman–Crippen LogP) is 4.77. The maximum absolute atomic E-state index is 13.1. The molecule has 5 nitrogen and oxygen atoms in total. The molecule has 2 heterocycles. The highest BCUT2D eigenvalue weighted by Crippen LogP contribution is 2.34. The van der Waals surface area contributed by atoms with Gasteiger partial charge < -0.3 is 9.30 Å². The van der Waals surface area contributed by atoms with Crippen molar-refractivity contribution < 1.29 is 9.53 Å². The summed E-state index contributed by atoms with van der Waals surface area (Å²) in [6.07, 6.45) is 1.99. The Kier molecular flexibility index (Phi) is 6.75. The van der Waals surface area contributed by atoms with Crippen molar-refractivity contribution in [2.24, 2.45) is 4.99 Å². The lowest BCUT2D eigenvalue weighted by atomic mass is 10.2. The lowest BCUT2D eigenvalue weighted by molar-refractivity contribution is -0.122. The molecule has 1 aromatic heterocycles. The van der Waals surface area contributed by atoms with Crippen molar-refractivity contribution in [2.75, 3.05) is 19.8 Å². The van der Waals surface area contributed by atoms with E-state index in [1.807, 2.05) is 43.3 Å². The Morgan fingerprint density at radius 3 is 2.57 bits per heavy atom. The van der Waals surface area contributed by atoms with Gasteiger partial charge in [0, 0.05) is 24.5 Å². The van der Waals surface area contributed by atoms with Gasteiger partial charge in [-0.1, -0.05) is 18.2 Å². The van der Waals surface area contributed by atoms with Crippen LogP contribution in [0, 0.1) is 13.8 Å². The van der Waals surface area contributed by atoms with Gasteiger partial charge in [-0.3, -0.25) is 9.69 Å². The minimum atomic E-state index is -0.0133. The number of carbonyl (C=O) groups excluding carboxylic acids is 1. The highest BCUT2D eigenvalue weighted by atomic mass is 32.2. The second-order valence-electron chi connectivity index (χ2n) is 6.57. The van der Waals surface area contributed by atoms with E-state index in [-0.39, 0.29) is 5.91 Å². The van der Waals surface area contributed by atoms with Gasteiger partial charge in [-0.05, 0) is 69.3 Å². The van der Waals surface area contributed by atoms with Crippen LogP contribution in [0.2, 0.25) is 0 Å². The number of rotatable bonds is 7. The molecule has 0 atom stereocenters. The zero-order chi connectivity index (χ0) is 20.1. The number of thioether (sulfide) groups is 1. The van der Waals surface area contributed by atoms with Crippen molar-refractivity contribution >= 4 is 34.6 Å². The fraction of sp³-hybridized carbons (Fsp3) is 0.364. The summed E-state index contributed by atoms with van der Waals surface area (Å²) in [4.78, 5) is 20.2. The first-order valence-corrected chi connectivity index (χ1v) is 10.5. The van der Waals surface area contributed by atoms with E-state index in [1.54, 1.807) is 4.90 Å². The average Bonchev–Trinajstić information content (AvgIpc) is 3.12. The van der Waals surface area contributed by atoms with Gasteiger partial charge in [-0.15, -0.1) is 0 Å². The molecule has 0 saturated carbocycles. The number of hydrogen-bond donors (Lipinski definition) is 0. The highest BCUT2D eigenvalue weighted by molar-refractivity contribution is 8.18. The Bertz CT molecular complexity index is 900. The molecule has 0 aliphatic carbocycles. The second-order valence-corrected chi connectivity index (χ2v) is 7.57. The van der Waals surface area contributed by atoms with Crippen LogP contribution in [0.25, 0.3) is 6.08 Å². The number of para-hydroxylation sites is 1. The van der Waals surface area contributed by atoms with E-state index >= 15 is 0 Å². The Morgan fingerprint density at radius 2 is 1.93 bits per heavy atom. The molecule has 1 amide bonds. The number of benzene rings is 1. The summed E-state index contributed by atoms with van der Waals surface area (Å²) in [6.45, 7) is 10.8. The van der Waals surface area contributed by atoms with Crippen LogP contribution in [0.1, 0.15) is 30.8 Å². The first-order chi connectivity index (χ1) is 13.5. The summed E-state index contributed by atoms with van der Waals surface area (Å²) in [5, 5.41) is 0.700. The molecule has 3 rings (SSSR count). The molecule has 0 unspecified atom stereocenters. The van der Waals surface area contributed by atoms with Crippen molar-refractivity contribution in [3.8, 4) is 0 Å². The number of aryl methyl sites for hydroxylation is 1. The zero-order valence-electron chi connectivity index (χ0n) is 16.9. The molecule has 148 valence electrons. The smallest absolute Gasteiger partial charge is 0.266 e. The number of ether oxygens (including phenoxy) is 1. The van der Waals surface area contributed by atoms with Crippen LogP contribution in [0.5, 0.6) is 0 Å². The second kappa shape index (κ2) is 9.26. The van der Waals surface area contributed by atoms with Crippen molar-refractivity contribution in [3.05, 3.63) is 58.3 Å². The fourth-order valence-electron chi connectivity index (χ4n) is 3.30. The summed E-state index contributed by atoms with van der Waals surface area (Å²) >= 11 is 1.43. The van der Waals surface area contributed by atoms with Gasteiger partial charge in [-0.2, -0.15) is 0 Å². The van der Waals surface area contributed by atoms with E-state index in [0.717, 1.165) is 17.8 Å². The summed E-state index contributed by atoms with van der Waals surface area (Å²) in [6, 6.07) is 11.9. The SMILES string of the molecule is CCOCCN1C(=O)/C(=C/c2cc(C)n(CC)c2C)SC1=Nc1ccccc1. The number of amidine groups is 1. The molecular weight excluding hydrogens is 370 g/mol.